The highest BCUT2D eigenvalue weighted by Crippen LogP contribution is 2.36. The SMILES string of the molecule is CN1CCC(NC2CCCCC2(C)C)CC1. The van der Waals surface area contributed by atoms with Crippen LogP contribution >= 0.6 is 0 Å². The summed E-state index contributed by atoms with van der Waals surface area (Å²) >= 11 is 0. The Morgan fingerprint density at radius 3 is 2.38 bits per heavy atom. The van der Waals surface area contributed by atoms with Crippen molar-refractivity contribution in [3.63, 3.8) is 0 Å². The Labute approximate surface area is 101 Å². The fraction of sp³-hybridized carbons (Fsp3) is 1.00. The van der Waals surface area contributed by atoms with E-state index in [0.29, 0.717) is 5.41 Å². The van der Waals surface area contributed by atoms with Crippen LogP contribution in [-0.2, 0) is 0 Å². The van der Waals surface area contributed by atoms with Gasteiger partial charge in [-0.1, -0.05) is 26.7 Å². The molecule has 0 amide bonds. The van der Waals surface area contributed by atoms with Gasteiger partial charge >= 0.3 is 0 Å². The average Bonchev–Trinajstić information content (AvgIpc) is 2.24. The molecule has 1 atom stereocenters. The molecule has 2 heteroatoms. The van der Waals surface area contributed by atoms with Gasteiger partial charge in [-0.15, -0.1) is 0 Å². The van der Waals surface area contributed by atoms with Crippen LogP contribution < -0.4 is 5.32 Å². The Balaban J connectivity index is 1.84. The van der Waals surface area contributed by atoms with Crippen molar-refractivity contribution in [3.8, 4) is 0 Å². The third-order valence-electron chi connectivity index (χ3n) is 4.66. The summed E-state index contributed by atoms with van der Waals surface area (Å²) in [6.45, 7) is 7.42. The summed E-state index contributed by atoms with van der Waals surface area (Å²) in [4.78, 5) is 2.45. The van der Waals surface area contributed by atoms with Gasteiger partial charge in [0.25, 0.3) is 0 Å². The highest BCUT2D eigenvalue weighted by Gasteiger charge is 2.33. The first-order valence-electron chi connectivity index (χ1n) is 7.02. The van der Waals surface area contributed by atoms with Gasteiger partial charge in [-0.05, 0) is 51.2 Å². The van der Waals surface area contributed by atoms with Crippen LogP contribution in [0.1, 0.15) is 52.4 Å². The van der Waals surface area contributed by atoms with Crippen molar-refractivity contribution in [2.75, 3.05) is 20.1 Å². The van der Waals surface area contributed by atoms with E-state index < -0.39 is 0 Å². The predicted molar refractivity (Wildman–Crippen MR) is 69.7 cm³/mol. The lowest BCUT2D eigenvalue weighted by Crippen LogP contribution is -2.51. The minimum atomic E-state index is 0.515. The van der Waals surface area contributed by atoms with Crippen LogP contribution in [0.5, 0.6) is 0 Å². The Bertz CT molecular complexity index is 217. The number of nitrogens with zero attached hydrogens (tertiary/aromatic N) is 1. The molecular formula is C14H28N2. The van der Waals surface area contributed by atoms with E-state index in [1.165, 1.54) is 51.6 Å². The molecule has 1 unspecified atom stereocenters. The fourth-order valence-corrected chi connectivity index (χ4v) is 3.26. The molecule has 2 fully saturated rings. The second-order valence-electron chi connectivity index (χ2n) is 6.53. The maximum atomic E-state index is 3.94. The molecule has 0 aromatic carbocycles. The second-order valence-corrected chi connectivity index (χ2v) is 6.53. The summed E-state index contributed by atoms with van der Waals surface area (Å²) in [7, 11) is 2.24. The fourth-order valence-electron chi connectivity index (χ4n) is 3.26. The van der Waals surface area contributed by atoms with Gasteiger partial charge in [0.05, 0.1) is 0 Å². The maximum Gasteiger partial charge on any atom is 0.0121 e. The van der Waals surface area contributed by atoms with Crippen LogP contribution in [-0.4, -0.2) is 37.1 Å². The van der Waals surface area contributed by atoms with Crippen LogP contribution in [0.15, 0.2) is 0 Å². The molecule has 1 heterocycles. The molecule has 1 aliphatic heterocycles. The first-order valence-corrected chi connectivity index (χ1v) is 7.02. The summed E-state index contributed by atoms with van der Waals surface area (Å²) in [6.07, 6.45) is 8.31. The van der Waals surface area contributed by atoms with Crippen LogP contribution in [0.25, 0.3) is 0 Å². The zero-order valence-electron chi connectivity index (χ0n) is 11.3. The van der Waals surface area contributed by atoms with Crippen molar-refractivity contribution >= 4 is 0 Å². The molecule has 1 saturated carbocycles. The molecule has 0 aromatic rings. The third kappa shape index (κ3) is 2.98. The second kappa shape index (κ2) is 5.05. The van der Waals surface area contributed by atoms with Crippen LogP contribution in [0.3, 0.4) is 0 Å². The van der Waals surface area contributed by atoms with Gasteiger partial charge in [0.1, 0.15) is 0 Å². The summed E-state index contributed by atoms with van der Waals surface area (Å²) in [5.41, 5.74) is 0.515. The van der Waals surface area contributed by atoms with E-state index >= 15 is 0 Å². The van der Waals surface area contributed by atoms with Crippen molar-refractivity contribution in [2.45, 2.75) is 64.5 Å². The molecule has 0 aromatic heterocycles. The molecule has 16 heavy (non-hydrogen) atoms. The Hall–Kier alpha value is -0.0800. The van der Waals surface area contributed by atoms with Crippen molar-refractivity contribution in [1.82, 2.24) is 10.2 Å². The van der Waals surface area contributed by atoms with E-state index in [2.05, 4.69) is 31.1 Å². The molecule has 0 radical (unpaired) electrons. The minimum Gasteiger partial charge on any atom is -0.311 e. The molecule has 2 aliphatic rings. The Morgan fingerprint density at radius 1 is 1.06 bits per heavy atom. The quantitative estimate of drug-likeness (QED) is 0.776. The highest BCUT2D eigenvalue weighted by atomic mass is 15.1. The van der Waals surface area contributed by atoms with Gasteiger partial charge in [0.2, 0.25) is 0 Å². The largest absolute Gasteiger partial charge is 0.311 e. The highest BCUT2D eigenvalue weighted by molar-refractivity contribution is 4.90. The lowest BCUT2D eigenvalue weighted by atomic mass is 9.73. The minimum absolute atomic E-state index is 0.515. The third-order valence-corrected chi connectivity index (χ3v) is 4.66. The number of hydrogen-bond acceptors (Lipinski definition) is 2. The summed E-state index contributed by atoms with van der Waals surface area (Å²) < 4.78 is 0. The lowest BCUT2D eigenvalue weighted by molar-refractivity contribution is 0.134. The Morgan fingerprint density at radius 2 is 1.75 bits per heavy atom. The summed E-state index contributed by atoms with van der Waals surface area (Å²) in [5.74, 6) is 0. The van der Waals surface area contributed by atoms with Gasteiger partial charge in [-0.2, -0.15) is 0 Å². The molecule has 0 bridgehead atoms. The van der Waals surface area contributed by atoms with Crippen LogP contribution in [0.4, 0.5) is 0 Å². The van der Waals surface area contributed by atoms with Gasteiger partial charge < -0.3 is 10.2 Å². The molecule has 2 rings (SSSR count). The van der Waals surface area contributed by atoms with Crippen molar-refractivity contribution in [3.05, 3.63) is 0 Å². The van der Waals surface area contributed by atoms with Crippen LogP contribution in [0, 0.1) is 5.41 Å². The number of likely N-dealkylation sites (tertiary alicyclic amines) is 1. The number of piperidine rings is 1. The zero-order valence-corrected chi connectivity index (χ0v) is 11.3. The topological polar surface area (TPSA) is 15.3 Å². The molecule has 0 spiro atoms. The van der Waals surface area contributed by atoms with Gasteiger partial charge in [0, 0.05) is 12.1 Å². The maximum absolute atomic E-state index is 3.94. The van der Waals surface area contributed by atoms with Gasteiger partial charge in [-0.3, -0.25) is 0 Å². The summed E-state index contributed by atoms with van der Waals surface area (Å²) in [5, 5.41) is 3.94. The smallest absolute Gasteiger partial charge is 0.0121 e. The van der Waals surface area contributed by atoms with E-state index in [1.54, 1.807) is 0 Å². The molecule has 94 valence electrons. The lowest BCUT2D eigenvalue weighted by Gasteiger charge is -2.42. The number of rotatable bonds is 2. The van der Waals surface area contributed by atoms with E-state index in [-0.39, 0.29) is 0 Å². The molecule has 1 N–H and O–H groups in total. The number of nitrogens with one attached hydrogen (secondary N) is 1. The standard InChI is InChI=1S/C14H28N2/c1-14(2)9-5-4-6-13(14)15-12-7-10-16(3)11-8-12/h12-13,15H,4-11H2,1-3H3. The van der Waals surface area contributed by atoms with Crippen molar-refractivity contribution in [2.24, 2.45) is 5.41 Å². The van der Waals surface area contributed by atoms with Gasteiger partial charge in [-0.25, -0.2) is 0 Å². The molecule has 2 nitrogen and oxygen atoms in total. The molecular weight excluding hydrogens is 196 g/mol. The van der Waals surface area contributed by atoms with Gasteiger partial charge in [0.15, 0.2) is 0 Å². The van der Waals surface area contributed by atoms with Crippen molar-refractivity contribution in [1.29, 1.82) is 0 Å². The van der Waals surface area contributed by atoms with E-state index in [0.717, 1.165) is 12.1 Å². The predicted octanol–water partition coefficient (Wildman–Crippen LogP) is 2.64. The first-order chi connectivity index (χ1) is 7.58. The average molecular weight is 224 g/mol. The van der Waals surface area contributed by atoms with Crippen molar-refractivity contribution < 1.29 is 0 Å². The molecule has 1 aliphatic carbocycles. The van der Waals surface area contributed by atoms with E-state index in [9.17, 15) is 0 Å². The zero-order chi connectivity index (χ0) is 11.6. The Kier molecular flexibility index (Phi) is 3.91. The molecule has 1 saturated heterocycles. The first kappa shape index (κ1) is 12.4. The van der Waals surface area contributed by atoms with E-state index in [4.69, 9.17) is 0 Å². The monoisotopic (exact) mass is 224 g/mol. The summed E-state index contributed by atoms with van der Waals surface area (Å²) in [6, 6.07) is 1.54. The van der Waals surface area contributed by atoms with E-state index in [1.807, 2.05) is 0 Å². The number of hydrogen-bond donors (Lipinski definition) is 1. The van der Waals surface area contributed by atoms with Crippen LogP contribution in [0.2, 0.25) is 0 Å². The normalized spacial score (nSPS) is 32.8.